The fraction of sp³-hybridized carbons (Fsp3) is 0. The number of hydrogen-bond donors (Lipinski definition) is 1. The summed E-state index contributed by atoms with van der Waals surface area (Å²) in [4.78, 5) is 10.1. The predicted octanol–water partition coefficient (Wildman–Crippen LogP) is -1.09. The van der Waals surface area contributed by atoms with Crippen LogP contribution in [0.4, 0.5) is 0 Å². The molecule has 0 amide bonds. The Labute approximate surface area is 66.8 Å². The number of carboxylic acids is 1. The molecule has 0 aliphatic rings. The molecule has 0 bridgehead atoms. The van der Waals surface area contributed by atoms with E-state index >= 15 is 0 Å². The molecule has 0 unspecified atom stereocenters. The summed E-state index contributed by atoms with van der Waals surface area (Å²) in [7, 11) is 0. The quantitative estimate of drug-likeness (QED) is 0.669. The zero-order chi connectivity index (χ0) is 6.85. The third kappa shape index (κ3) is 1.47. The van der Waals surface area contributed by atoms with Crippen LogP contribution in [0.15, 0.2) is 6.20 Å². The van der Waals surface area contributed by atoms with Crippen molar-refractivity contribution in [2.45, 2.75) is 0 Å². The fourth-order valence-electron chi connectivity index (χ4n) is 0.375. The van der Waals surface area contributed by atoms with Crippen molar-refractivity contribution in [2.75, 3.05) is 0 Å². The third-order valence-electron chi connectivity index (χ3n) is 0.729. The van der Waals surface area contributed by atoms with Gasteiger partial charge in [-0.15, -0.1) is 0 Å². The molecule has 0 atom stereocenters. The molecule has 0 spiro atoms. The summed E-state index contributed by atoms with van der Waals surface area (Å²) >= 11 is 0.482. The molecule has 0 aliphatic carbocycles. The standard InChI is InChI=1S/C3H3N3O2.Tl/c7-3(8)2-1-4-6-5-2;/h1H,(H2,4,5,6,7,8);/q;+1/p-1. The summed E-state index contributed by atoms with van der Waals surface area (Å²) < 4.78 is 1.50. The third-order valence-corrected chi connectivity index (χ3v) is 1.71. The molecule has 0 aromatic carbocycles. The maximum atomic E-state index is 10.1. The summed E-state index contributed by atoms with van der Waals surface area (Å²) in [6.07, 6.45) is 1.41. The van der Waals surface area contributed by atoms with Crippen LogP contribution >= 0.6 is 0 Å². The molecule has 1 N–H and O–H groups in total. The van der Waals surface area contributed by atoms with E-state index in [-0.39, 0.29) is 5.69 Å². The molecule has 0 aliphatic heterocycles. The number of rotatable bonds is 1. The summed E-state index contributed by atoms with van der Waals surface area (Å²) in [5, 5.41) is 15.2. The topological polar surface area (TPSA) is 68.0 Å². The average Bonchev–Trinajstić information content (AvgIpc) is 2.14. The fourth-order valence-corrected chi connectivity index (χ4v) is 1.12. The van der Waals surface area contributed by atoms with Crippen molar-refractivity contribution in [1.82, 2.24) is 12.8 Å². The van der Waals surface area contributed by atoms with Crippen molar-refractivity contribution in [3.8, 4) is 0 Å². The normalized spacial score (nSPS) is 9.22. The van der Waals surface area contributed by atoms with Gasteiger partial charge in [0, 0.05) is 0 Å². The number of nitrogens with zero attached hydrogens (tertiary/aromatic N) is 3. The van der Waals surface area contributed by atoms with Gasteiger partial charge in [0.05, 0.1) is 0 Å². The van der Waals surface area contributed by atoms with E-state index in [0.29, 0.717) is 26.1 Å². The van der Waals surface area contributed by atoms with Gasteiger partial charge in [-0.1, -0.05) is 0 Å². The van der Waals surface area contributed by atoms with Crippen LogP contribution in [0.3, 0.4) is 0 Å². The minimum absolute atomic E-state index is 0.0116. The SMILES string of the molecule is O=C(O)c1c[n]([Tl])nn1. The molecule has 9 heavy (non-hydrogen) atoms. The van der Waals surface area contributed by atoms with Gasteiger partial charge in [-0.25, -0.2) is 0 Å². The minimum atomic E-state index is -1.03. The molecule has 1 aromatic heterocycles. The van der Waals surface area contributed by atoms with E-state index in [1.807, 2.05) is 0 Å². The van der Waals surface area contributed by atoms with Gasteiger partial charge in [0.2, 0.25) is 0 Å². The van der Waals surface area contributed by atoms with Gasteiger partial charge in [-0.3, -0.25) is 0 Å². The molecule has 44 valence electrons. The number of aromatic nitrogens is 3. The molecule has 1 aromatic rings. The van der Waals surface area contributed by atoms with Crippen LogP contribution in [-0.4, -0.2) is 49.9 Å². The summed E-state index contributed by atoms with van der Waals surface area (Å²) in [6, 6.07) is 0. The number of aromatic carboxylic acids is 1. The van der Waals surface area contributed by atoms with Gasteiger partial charge in [0.15, 0.2) is 0 Å². The van der Waals surface area contributed by atoms with Crippen LogP contribution in [0.1, 0.15) is 10.5 Å². The van der Waals surface area contributed by atoms with Crippen LogP contribution in [0.5, 0.6) is 0 Å². The monoisotopic (exact) mass is 317 g/mol. The van der Waals surface area contributed by atoms with Crippen molar-refractivity contribution in [3.63, 3.8) is 0 Å². The van der Waals surface area contributed by atoms with Gasteiger partial charge < -0.3 is 0 Å². The number of carboxylic acid groups (broad SMARTS) is 1. The Morgan fingerprint density at radius 1 is 1.89 bits per heavy atom. The van der Waals surface area contributed by atoms with Crippen molar-refractivity contribution in [3.05, 3.63) is 11.9 Å². The van der Waals surface area contributed by atoms with E-state index in [1.54, 1.807) is 0 Å². The van der Waals surface area contributed by atoms with Gasteiger partial charge in [0.1, 0.15) is 0 Å². The molecular weight excluding hydrogens is 314 g/mol. The second kappa shape index (κ2) is 2.42. The molecule has 0 radical (unpaired) electrons. The number of hydrogen-bond acceptors (Lipinski definition) is 3. The van der Waals surface area contributed by atoms with E-state index in [9.17, 15) is 4.79 Å². The van der Waals surface area contributed by atoms with E-state index in [0.717, 1.165) is 0 Å². The Balaban J connectivity index is 2.98. The Kier molecular flexibility index (Phi) is 1.79. The maximum absolute atomic E-state index is 10.1. The summed E-state index contributed by atoms with van der Waals surface area (Å²) in [5.41, 5.74) is 0.0116. The second-order valence-corrected chi connectivity index (χ2v) is 3.45. The van der Waals surface area contributed by atoms with Crippen molar-refractivity contribution >= 4 is 32.0 Å². The van der Waals surface area contributed by atoms with Crippen molar-refractivity contribution in [1.29, 1.82) is 0 Å². The van der Waals surface area contributed by atoms with E-state index in [2.05, 4.69) is 10.3 Å². The molecule has 5 nitrogen and oxygen atoms in total. The van der Waals surface area contributed by atoms with Crippen molar-refractivity contribution in [2.24, 2.45) is 0 Å². The second-order valence-electron chi connectivity index (χ2n) is 1.39. The Bertz CT molecular complexity index is 233. The van der Waals surface area contributed by atoms with Crippen LogP contribution in [0.25, 0.3) is 0 Å². The Morgan fingerprint density at radius 3 is 2.78 bits per heavy atom. The zero-order valence-electron chi connectivity index (χ0n) is 4.35. The molecular formula is C3H2N3O2Tl. The molecule has 0 fully saturated rings. The van der Waals surface area contributed by atoms with Gasteiger partial charge in [0.25, 0.3) is 0 Å². The van der Waals surface area contributed by atoms with Gasteiger partial charge in [-0.2, -0.15) is 0 Å². The first-order valence-corrected chi connectivity index (χ1v) is 4.11. The predicted molar refractivity (Wildman–Crippen MR) is 28.1 cm³/mol. The van der Waals surface area contributed by atoms with E-state index in [1.165, 1.54) is 8.69 Å². The Hall–Kier alpha value is -0.468. The van der Waals surface area contributed by atoms with Gasteiger partial charge >= 0.3 is 66.6 Å². The summed E-state index contributed by atoms with van der Waals surface area (Å²) in [6.45, 7) is 0. The molecule has 6 heteroatoms. The van der Waals surface area contributed by atoms with Crippen molar-refractivity contribution < 1.29 is 9.90 Å². The van der Waals surface area contributed by atoms with Crippen LogP contribution in [0, 0.1) is 0 Å². The zero-order valence-corrected chi connectivity index (χ0v) is 8.84. The van der Waals surface area contributed by atoms with E-state index in [4.69, 9.17) is 5.11 Å². The molecule has 0 saturated carbocycles. The molecule has 0 saturated heterocycles. The first kappa shape index (κ1) is 6.65. The number of carbonyl (C=O) groups is 1. The average molecular weight is 316 g/mol. The van der Waals surface area contributed by atoms with Crippen LogP contribution < -0.4 is 0 Å². The first-order chi connectivity index (χ1) is 4.20. The first-order valence-electron chi connectivity index (χ1n) is 2.11. The van der Waals surface area contributed by atoms with Crippen LogP contribution in [-0.2, 0) is 0 Å². The Morgan fingerprint density at radius 2 is 2.56 bits per heavy atom. The van der Waals surface area contributed by atoms with Gasteiger partial charge in [-0.05, 0) is 0 Å². The summed E-state index contributed by atoms with van der Waals surface area (Å²) in [5.74, 6) is -1.03. The van der Waals surface area contributed by atoms with Crippen LogP contribution in [0.2, 0.25) is 0 Å². The molecule has 1 rings (SSSR count). The van der Waals surface area contributed by atoms with E-state index < -0.39 is 5.97 Å². The molecule has 1 heterocycles.